The second-order valence-corrected chi connectivity index (χ2v) is 4.82. The summed E-state index contributed by atoms with van der Waals surface area (Å²) in [5.41, 5.74) is 1.89. The van der Waals surface area contributed by atoms with Gasteiger partial charge >= 0.3 is 0 Å². The number of benzene rings is 1. The smallest absolute Gasteiger partial charge is 0.257 e. The molecule has 0 saturated carbocycles. The van der Waals surface area contributed by atoms with Crippen LogP contribution < -0.4 is 10.1 Å². The Balaban J connectivity index is 1.81. The van der Waals surface area contributed by atoms with Crippen molar-refractivity contribution in [1.29, 1.82) is 0 Å². The Hall–Kier alpha value is -3.15. The normalized spacial score (nSPS) is 10.3. The summed E-state index contributed by atoms with van der Waals surface area (Å²) in [6.45, 7) is 0.00184. The van der Waals surface area contributed by atoms with Gasteiger partial charge in [0.2, 0.25) is 0 Å². The highest BCUT2D eigenvalue weighted by Crippen LogP contribution is 2.22. The summed E-state index contributed by atoms with van der Waals surface area (Å²) in [6.07, 6.45) is 7.15. The third-order valence-electron chi connectivity index (χ3n) is 3.32. The van der Waals surface area contributed by atoms with Crippen LogP contribution in [0.15, 0.2) is 61.2 Å². The Labute approximate surface area is 133 Å². The number of nitrogens with one attached hydrogen (secondary N) is 1. The fraction of sp³-hybridized carbons (Fsp3) is 0.118. The lowest BCUT2D eigenvalue weighted by atomic mass is 10.2. The SMILES string of the molecule is CNC(=O)COc1ccc(-n2ccnc2-c2cccnc2)cc1. The number of carbonyl (C=O) groups excluding carboxylic acids is 1. The average Bonchev–Trinajstić information content (AvgIpc) is 3.10. The molecule has 1 aromatic carbocycles. The lowest BCUT2D eigenvalue weighted by Crippen LogP contribution is -2.24. The number of carbonyl (C=O) groups is 1. The van der Waals surface area contributed by atoms with Gasteiger partial charge in [0.15, 0.2) is 6.61 Å². The number of aromatic nitrogens is 3. The van der Waals surface area contributed by atoms with Crippen molar-refractivity contribution in [2.45, 2.75) is 0 Å². The predicted molar refractivity (Wildman–Crippen MR) is 86.4 cm³/mol. The number of ether oxygens (including phenoxy) is 1. The van der Waals surface area contributed by atoms with E-state index in [4.69, 9.17) is 4.74 Å². The molecule has 0 radical (unpaired) electrons. The van der Waals surface area contributed by atoms with E-state index in [0.717, 1.165) is 17.1 Å². The van der Waals surface area contributed by atoms with Gasteiger partial charge in [-0.05, 0) is 36.4 Å². The summed E-state index contributed by atoms with van der Waals surface area (Å²) >= 11 is 0. The summed E-state index contributed by atoms with van der Waals surface area (Å²) in [7, 11) is 1.58. The molecule has 6 nitrogen and oxygen atoms in total. The molecular weight excluding hydrogens is 292 g/mol. The lowest BCUT2D eigenvalue weighted by molar-refractivity contribution is -0.122. The zero-order valence-electron chi connectivity index (χ0n) is 12.6. The molecule has 0 spiro atoms. The first kappa shape index (κ1) is 14.8. The molecule has 1 N–H and O–H groups in total. The maximum absolute atomic E-state index is 11.2. The summed E-state index contributed by atoms with van der Waals surface area (Å²) in [5.74, 6) is 1.29. The Kier molecular flexibility index (Phi) is 4.33. The number of imidazole rings is 1. The Morgan fingerprint density at radius 1 is 1.22 bits per heavy atom. The standard InChI is InChI=1S/C17H16N4O2/c1-18-16(22)12-23-15-6-4-14(5-7-15)21-10-9-20-17(21)13-3-2-8-19-11-13/h2-11H,12H2,1H3,(H,18,22). The Bertz CT molecular complexity index is 782. The molecule has 0 fully saturated rings. The first-order chi connectivity index (χ1) is 11.3. The van der Waals surface area contributed by atoms with E-state index in [1.54, 1.807) is 25.6 Å². The van der Waals surface area contributed by atoms with E-state index in [2.05, 4.69) is 15.3 Å². The van der Waals surface area contributed by atoms with E-state index in [0.29, 0.717) is 5.75 Å². The highest BCUT2D eigenvalue weighted by atomic mass is 16.5. The molecule has 0 aliphatic heterocycles. The number of likely N-dealkylation sites (N-methyl/N-ethyl adjacent to an activating group) is 1. The van der Waals surface area contributed by atoms with Gasteiger partial charge in [0.05, 0.1) is 0 Å². The molecule has 2 aromatic heterocycles. The summed E-state index contributed by atoms with van der Waals surface area (Å²) in [6, 6.07) is 11.3. The molecular formula is C17H16N4O2. The number of rotatable bonds is 5. The third-order valence-corrected chi connectivity index (χ3v) is 3.32. The van der Waals surface area contributed by atoms with E-state index < -0.39 is 0 Å². The van der Waals surface area contributed by atoms with Gasteiger partial charge in [-0.3, -0.25) is 14.3 Å². The van der Waals surface area contributed by atoms with E-state index in [1.807, 2.05) is 47.2 Å². The zero-order valence-corrected chi connectivity index (χ0v) is 12.6. The molecule has 116 valence electrons. The van der Waals surface area contributed by atoms with Gasteiger partial charge in [-0.25, -0.2) is 4.98 Å². The fourth-order valence-corrected chi connectivity index (χ4v) is 2.14. The molecule has 0 atom stereocenters. The van der Waals surface area contributed by atoms with Crippen LogP contribution in [0.1, 0.15) is 0 Å². The molecule has 0 aliphatic carbocycles. The van der Waals surface area contributed by atoms with Crippen molar-refractivity contribution in [3.8, 4) is 22.8 Å². The van der Waals surface area contributed by atoms with Crippen LogP contribution >= 0.6 is 0 Å². The topological polar surface area (TPSA) is 69.0 Å². The van der Waals surface area contributed by atoms with E-state index in [9.17, 15) is 4.79 Å². The molecule has 0 unspecified atom stereocenters. The molecule has 23 heavy (non-hydrogen) atoms. The van der Waals surface area contributed by atoms with Crippen LogP contribution in [0.2, 0.25) is 0 Å². The molecule has 6 heteroatoms. The van der Waals surface area contributed by atoms with Crippen LogP contribution in [0, 0.1) is 0 Å². The first-order valence-electron chi connectivity index (χ1n) is 7.15. The monoisotopic (exact) mass is 308 g/mol. The maximum atomic E-state index is 11.2. The minimum absolute atomic E-state index is 0.00184. The maximum Gasteiger partial charge on any atom is 0.257 e. The van der Waals surface area contributed by atoms with Crippen LogP contribution in [0.4, 0.5) is 0 Å². The molecule has 3 rings (SSSR count). The van der Waals surface area contributed by atoms with Crippen molar-refractivity contribution in [2.75, 3.05) is 13.7 Å². The fourth-order valence-electron chi connectivity index (χ4n) is 2.14. The van der Waals surface area contributed by atoms with Crippen LogP contribution in [0.25, 0.3) is 17.1 Å². The number of nitrogens with zero attached hydrogens (tertiary/aromatic N) is 3. The van der Waals surface area contributed by atoms with Crippen molar-refractivity contribution in [2.24, 2.45) is 0 Å². The molecule has 1 amide bonds. The number of hydrogen-bond acceptors (Lipinski definition) is 4. The van der Waals surface area contributed by atoms with Crippen molar-refractivity contribution in [3.63, 3.8) is 0 Å². The van der Waals surface area contributed by atoms with Crippen molar-refractivity contribution in [1.82, 2.24) is 19.9 Å². The van der Waals surface area contributed by atoms with Gasteiger partial charge in [0.1, 0.15) is 11.6 Å². The quantitative estimate of drug-likeness (QED) is 0.783. The third kappa shape index (κ3) is 3.37. The minimum Gasteiger partial charge on any atom is -0.484 e. The van der Waals surface area contributed by atoms with Crippen molar-refractivity contribution in [3.05, 3.63) is 61.2 Å². The minimum atomic E-state index is -0.164. The lowest BCUT2D eigenvalue weighted by Gasteiger charge is -2.09. The molecule has 2 heterocycles. The average molecular weight is 308 g/mol. The molecule has 3 aromatic rings. The molecule has 0 bridgehead atoms. The second kappa shape index (κ2) is 6.74. The van der Waals surface area contributed by atoms with Gasteiger partial charge in [-0.1, -0.05) is 0 Å². The number of hydrogen-bond donors (Lipinski definition) is 1. The zero-order chi connectivity index (χ0) is 16.1. The molecule has 0 saturated heterocycles. The summed E-state index contributed by atoms with van der Waals surface area (Å²) in [5, 5.41) is 2.51. The highest BCUT2D eigenvalue weighted by molar-refractivity contribution is 5.77. The Morgan fingerprint density at radius 3 is 2.74 bits per heavy atom. The van der Waals surface area contributed by atoms with Gasteiger partial charge < -0.3 is 10.1 Å². The van der Waals surface area contributed by atoms with Crippen LogP contribution in [-0.4, -0.2) is 34.1 Å². The van der Waals surface area contributed by atoms with Crippen molar-refractivity contribution >= 4 is 5.91 Å². The van der Waals surface area contributed by atoms with Crippen LogP contribution in [0.3, 0.4) is 0 Å². The predicted octanol–water partition coefficient (Wildman–Crippen LogP) is 2.06. The van der Waals surface area contributed by atoms with Gasteiger partial charge in [-0.2, -0.15) is 0 Å². The highest BCUT2D eigenvalue weighted by Gasteiger charge is 2.08. The molecule has 0 aliphatic rings. The summed E-state index contributed by atoms with van der Waals surface area (Å²) < 4.78 is 7.37. The largest absolute Gasteiger partial charge is 0.484 e. The second-order valence-electron chi connectivity index (χ2n) is 4.82. The van der Waals surface area contributed by atoms with Gasteiger partial charge in [-0.15, -0.1) is 0 Å². The van der Waals surface area contributed by atoms with Gasteiger partial charge in [0.25, 0.3) is 5.91 Å². The van der Waals surface area contributed by atoms with E-state index in [-0.39, 0.29) is 12.5 Å². The van der Waals surface area contributed by atoms with E-state index in [1.165, 1.54) is 0 Å². The summed E-state index contributed by atoms with van der Waals surface area (Å²) in [4.78, 5) is 19.7. The number of pyridine rings is 1. The van der Waals surface area contributed by atoms with Crippen molar-refractivity contribution < 1.29 is 9.53 Å². The Morgan fingerprint density at radius 2 is 2.04 bits per heavy atom. The number of amides is 1. The van der Waals surface area contributed by atoms with E-state index >= 15 is 0 Å². The first-order valence-corrected chi connectivity index (χ1v) is 7.15. The van der Waals surface area contributed by atoms with Gasteiger partial charge in [0, 0.05) is 43.1 Å². The van der Waals surface area contributed by atoms with Crippen LogP contribution in [-0.2, 0) is 4.79 Å². The van der Waals surface area contributed by atoms with Crippen LogP contribution in [0.5, 0.6) is 5.75 Å².